The summed E-state index contributed by atoms with van der Waals surface area (Å²) in [5.74, 6) is -0.0711. The number of thiophene rings is 1. The van der Waals surface area contributed by atoms with Crippen molar-refractivity contribution in [3.8, 4) is 0 Å². The van der Waals surface area contributed by atoms with E-state index in [0.29, 0.717) is 25.9 Å². The zero-order chi connectivity index (χ0) is 15.5. The van der Waals surface area contributed by atoms with E-state index in [9.17, 15) is 9.59 Å². The Labute approximate surface area is 136 Å². The Hall–Kier alpha value is -1.73. The summed E-state index contributed by atoms with van der Waals surface area (Å²) >= 11 is 2.92. The molecule has 116 valence electrons. The molecule has 0 aromatic carbocycles. The third-order valence-electron chi connectivity index (χ3n) is 3.83. The van der Waals surface area contributed by atoms with Crippen LogP contribution in [0.25, 0.3) is 0 Å². The van der Waals surface area contributed by atoms with Crippen LogP contribution in [0.3, 0.4) is 0 Å². The Morgan fingerprint density at radius 2 is 2.00 bits per heavy atom. The highest BCUT2D eigenvalue weighted by Crippen LogP contribution is 2.21. The van der Waals surface area contributed by atoms with Crippen LogP contribution in [-0.2, 0) is 11.8 Å². The van der Waals surface area contributed by atoms with Crippen LogP contribution in [0.4, 0.5) is 0 Å². The number of hydrogen-bond donors (Lipinski definition) is 0. The smallest absolute Gasteiger partial charge is 0.263 e. The molecule has 2 aromatic rings. The Balaban J connectivity index is 1.61. The molecule has 2 aromatic heterocycles. The molecule has 0 aliphatic carbocycles. The highest BCUT2D eigenvalue weighted by Gasteiger charge is 2.28. The van der Waals surface area contributed by atoms with Gasteiger partial charge in [-0.2, -0.15) is 4.99 Å². The van der Waals surface area contributed by atoms with Gasteiger partial charge in [-0.3, -0.25) is 9.59 Å². The molecule has 0 N–H and O–H groups in total. The average molecular weight is 335 g/mol. The first-order chi connectivity index (χ1) is 10.6. The number of amides is 2. The van der Waals surface area contributed by atoms with Crippen LogP contribution >= 0.6 is 22.7 Å². The summed E-state index contributed by atoms with van der Waals surface area (Å²) in [5, 5.41) is 3.82. The normalized spacial score (nSPS) is 17.0. The van der Waals surface area contributed by atoms with Crippen molar-refractivity contribution in [1.29, 1.82) is 0 Å². The maximum Gasteiger partial charge on any atom is 0.263 e. The summed E-state index contributed by atoms with van der Waals surface area (Å²) in [4.78, 5) is 32.0. The fourth-order valence-electron chi connectivity index (χ4n) is 2.51. The minimum atomic E-state index is -0.0746. The molecule has 1 aliphatic rings. The summed E-state index contributed by atoms with van der Waals surface area (Å²) in [6, 6.07) is 3.73. The molecule has 1 saturated heterocycles. The van der Waals surface area contributed by atoms with Crippen LogP contribution in [-0.4, -0.2) is 34.4 Å². The standard InChI is InChI=1S/C15H17N3O2S2/c1-17-8-10-22-15(17)16-13(19)11-4-6-18(7-5-11)14(20)12-3-2-9-21-12/h2-3,8-11H,4-7H2,1H3. The molecule has 3 heterocycles. The van der Waals surface area contributed by atoms with Crippen molar-refractivity contribution in [2.45, 2.75) is 12.8 Å². The van der Waals surface area contributed by atoms with Gasteiger partial charge >= 0.3 is 0 Å². The lowest BCUT2D eigenvalue weighted by molar-refractivity contribution is -0.123. The number of aryl methyl sites for hydroxylation is 1. The maximum absolute atomic E-state index is 12.3. The molecular weight excluding hydrogens is 318 g/mol. The van der Waals surface area contributed by atoms with Crippen LogP contribution in [0.2, 0.25) is 0 Å². The van der Waals surface area contributed by atoms with Gasteiger partial charge in [-0.1, -0.05) is 6.07 Å². The van der Waals surface area contributed by atoms with Crippen molar-refractivity contribution in [1.82, 2.24) is 9.47 Å². The molecule has 0 saturated carbocycles. The van der Waals surface area contributed by atoms with Crippen LogP contribution in [0, 0.1) is 5.92 Å². The lowest BCUT2D eigenvalue weighted by Crippen LogP contribution is -2.40. The molecule has 0 atom stereocenters. The fourth-order valence-corrected chi connectivity index (χ4v) is 3.93. The summed E-state index contributed by atoms with van der Waals surface area (Å²) in [6.07, 6.45) is 3.27. The lowest BCUT2D eigenvalue weighted by Gasteiger charge is -2.30. The van der Waals surface area contributed by atoms with Crippen molar-refractivity contribution in [2.24, 2.45) is 18.0 Å². The second kappa shape index (κ2) is 6.58. The lowest BCUT2D eigenvalue weighted by atomic mass is 9.96. The minimum absolute atomic E-state index is 0.0683. The first-order valence-corrected chi connectivity index (χ1v) is 8.92. The number of aromatic nitrogens is 1. The Morgan fingerprint density at radius 3 is 2.59 bits per heavy atom. The van der Waals surface area contributed by atoms with Gasteiger partial charge < -0.3 is 9.47 Å². The Morgan fingerprint density at radius 1 is 1.23 bits per heavy atom. The molecule has 1 aliphatic heterocycles. The highest BCUT2D eigenvalue weighted by molar-refractivity contribution is 7.12. The van der Waals surface area contributed by atoms with E-state index in [0.717, 1.165) is 9.68 Å². The van der Waals surface area contributed by atoms with Gasteiger partial charge in [0, 0.05) is 37.6 Å². The van der Waals surface area contributed by atoms with E-state index in [-0.39, 0.29) is 17.7 Å². The zero-order valence-corrected chi connectivity index (χ0v) is 13.9. The first-order valence-electron chi connectivity index (χ1n) is 7.16. The van der Waals surface area contributed by atoms with Gasteiger partial charge in [0.2, 0.25) is 0 Å². The number of thiazole rings is 1. The molecule has 5 nitrogen and oxygen atoms in total. The van der Waals surface area contributed by atoms with Crippen molar-refractivity contribution >= 4 is 34.5 Å². The molecule has 2 amide bonds. The topological polar surface area (TPSA) is 54.7 Å². The van der Waals surface area contributed by atoms with Gasteiger partial charge in [-0.05, 0) is 24.3 Å². The number of carbonyl (C=O) groups is 2. The predicted octanol–water partition coefficient (Wildman–Crippen LogP) is 2.13. The van der Waals surface area contributed by atoms with Crippen molar-refractivity contribution < 1.29 is 9.59 Å². The zero-order valence-electron chi connectivity index (χ0n) is 12.3. The second-order valence-corrected chi connectivity index (χ2v) is 7.11. The van der Waals surface area contributed by atoms with E-state index in [4.69, 9.17) is 0 Å². The first kappa shape index (κ1) is 15.2. The van der Waals surface area contributed by atoms with E-state index >= 15 is 0 Å². The number of piperidine rings is 1. The van der Waals surface area contributed by atoms with E-state index in [1.165, 1.54) is 22.7 Å². The summed E-state index contributed by atoms with van der Waals surface area (Å²) in [5.41, 5.74) is 0. The quantitative estimate of drug-likeness (QED) is 0.844. The molecule has 0 spiro atoms. The van der Waals surface area contributed by atoms with E-state index in [2.05, 4.69) is 4.99 Å². The fraction of sp³-hybridized carbons (Fsp3) is 0.400. The molecular formula is C15H17N3O2S2. The van der Waals surface area contributed by atoms with Crippen LogP contribution in [0.1, 0.15) is 22.5 Å². The number of likely N-dealkylation sites (tertiary alicyclic amines) is 1. The van der Waals surface area contributed by atoms with Crippen molar-refractivity contribution in [2.75, 3.05) is 13.1 Å². The average Bonchev–Trinajstić information content (AvgIpc) is 3.19. The molecule has 7 heteroatoms. The largest absolute Gasteiger partial charge is 0.338 e. The van der Waals surface area contributed by atoms with Gasteiger partial charge in [0.05, 0.1) is 4.88 Å². The number of nitrogens with zero attached hydrogens (tertiary/aromatic N) is 3. The van der Waals surface area contributed by atoms with Crippen molar-refractivity contribution in [3.05, 3.63) is 38.8 Å². The second-order valence-electron chi connectivity index (χ2n) is 5.29. The Bertz CT molecular complexity index is 722. The third kappa shape index (κ3) is 3.20. The molecule has 0 unspecified atom stereocenters. The molecule has 22 heavy (non-hydrogen) atoms. The van der Waals surface area contributed by atoms with Gasteiger partial charge in [0.25, 0.3) is 11.8 Å². The van der Waals surface area contributed by atoms with Crippen molar-refractivity contribution in [3.63, 3.8) is 0 Å². The number of rotatable bonds is 2. The summed E-state index contributed by atoms with van der Waals surface area (Å²) in [6.45, 7) is 1.25. The van der Waals surface area contributed by atoms with Gasteiger partial charge in [0.15, 0.2) is 4.80 Å². The summed E-state index contributed by atoms with van der Waals surface area (Å²) in [7, 11) is 1.88. The molecule has 0 bridgehead atoms. The van der Waals surface area contributed by atoms with Crippen LogP contribution in [0.15, 0.2) is 34.1 Å². The molecule has 3 rings (SSSR count). The summed E-state index contributed by atoms with van der Waals surface area (Å²) < 4.78 is 1.85. The number of carbonyl (C=O) groups excluding carboxylic acids is 2. The minimum Gasteiger partial charge on any atom is -0.338 e. The predicted molar refractivity (Wildman–Crippen MR) is 86.8 cm³/mol. The highest BCUT2D eigenvalue weighted by atomic mass is 32.1. The van der Waals surface area contributed by atoms with Crippen LogP contribution in [0.5, 0.6) is 0 Å². The Kier molecular flexibility index (Phi) is 4.54. The van der Waals surface area contributed by atoms with E-state index in [1.54, 1.807) is 0 Å². The molecule has 1 fully saturated rings. The maximum atomic E-state index is 12.3. The molecule has 0 radical (unpaired) electrons. The van der Waals surface area contributed by atoms with Crippen LogP contribution < -0.4 is 4.80 Å². The van der Waals surface area contributed by atoms with Gasteiger partial charge in [-0.25, -0.2) is 0 Å². The monoisotopic (exact) mass is 335 g/mol. The van der Waals surface area contributed by atoms with Gasteiger partial charge in [-0.15, -0.1) is 22.7 Å². The van der Waals surface area contributed by atoms with Gasteiger partial charge in [0.1, 0.15) is 0 Å². The third-order valence-corrected chi connectivity index (χ3v) is 5.53. The number of hydrogen-bond acceptors (Lipinski definition) is 4. The SMILES string of the molecule is Cn1ccsc1=NC(=O)C1CCN(C(=O)c2cccs2)CC1. The van der Waals surface area contributed by atoms with E-state index < -0.39 is 0 Å². The van der Waals surface area contributed by atoms with E-state index in [1.807, 2.05) is 45.6 Å².